The number of amides is 1. The summed E-state index contributed by atoms with van der Waals surface area (Å²) in [6.45, 7) is 0. The van der Waals surface area contributed by atoms with Gasteiger partial charge in [0, 0.05) is 17.3 Å². The third-order valence-electron chi connectivity index (χ3n) is 3.32. The highest BCUT2D eigenvalue weighted by molar-refractivity contribution is 5.93. The minimum Gasteiger partial charge on any atom is -0.481 e. The van der Waals surface area contributed by atoms with Crippen LogP contribution in [0, 0.1) is 5.92 Å². The molecule has 2 rings (SSSR count). The van der Waals surface area contributed by atoms with Gasteiger partial charge in [0.2, 0.25) is 5.91 Å². The largest absolute Gasteiger partial charge is 0.481 e. The molecule has 2 unspecified atom stereocenters. The van der Waals surface area contributed by atoms with Crippen LogP contribution in [0.25, 0.3) is 0 Å². The summed E-state index contributed by atoms with van der Waals surface area (Å²) in [5.74, 6) is -1.41. The number of rotatable bonds is 4. The van der Waals surface area contributed by atoms with Crippen molar-refractivity contribution in [2.24, 2.45) is 11.7 Å². The van der Waals surface area contributed by atoms with Gasteiger partial charge in [0.05, 0.1) is 5.92 Å². The zero-order valence-electron chi connectivity index (χ0n) is 9.93. The molecular weight excluding hydrogens is 232 g/mol. The Hall–Kier alpha value is -2.04. The molecule has 0 aromatic heterocycles. The molecule has 4 N–H and O–H groups in total. The quantitative estimate of drug-likeness (QED) is 0.752. The van der Waals surface area contributed by atoms with Crippen molar-refractivity contribution in [1.29, 1.82) is 0 Å². The molecule has 0 heterocycles. The summed E-state index contributed by atoms with van der Waals surface area (Å²) in [4.78, 5) is 21.8. The Morgan fingerprint density at radius 3 is 2.39 bits per heavy atom. The molecule has 1 aromatic rings. The molecular formula is C13H16N2O3. The standard InChI is InChI=1S/C13H16N2O3/c14-12(16)8-1-4-10(5-2-8)15-11-6-3-9(7-11)13(17)18/h1-2,4-5,9,11,15H,3,6-7H2,(H2,14,16)(H,17,18). The van der Waals surface area contributed by atoms with E-state index >= 15 is 0 Å². The molecule has 1 amide bonds. The molecule has 0 spiro atoms. The van der Waals surface area contributed by atoms with Crippen LogP contribution in [0.2, 0.25) is 0 Å². The van der Waals surface area contributed by atoms with E-state index in [1.54, 1.807) is 24.3 Å². The Kier molecular flexibility index (Phi) is 3.50. The minimum atomic E-state index is -0.719. The van der Waals surface area contributed by atoms with E-state index in [2.05, 4.69) is 5.32 Å². The summed E-state index contributed by atoms with van der Waals surface area (Å²) >= 11 is 0. The molecule has 0 aliphatic heterocycles. The lowest BCUT2D eigenvalue weighted by Gasteiger charge is -2.14. The zero-order valence-corrected chi connectivity index (χ0v) is 9.93. The van der Waals surface area contributed by atoms with Crippen molar-refractivity contribution in [3.8, 4) is 0 Å². The first-order chi connectivity index (χ1) is 8.56. The molecule has 2 atom stereocenters. The van der Waals surface area contributed by atoms with Gasteiger partial charge < -0.3 is 16.2 Å². The molecule has 1 fully saturated rings. The number of benzene rings is 1. The number of hydrogen-bond donors (Lipinski definition) is 3. The highest BCUT2D eigenvalue weighted by Crippen LogP contribution is 2.28. The Morgan fingerprint density at radius 2 is 1.89 bits per heavy atom. The topological polar surface area (TPSA) is 92.4 Å². The van der Waals surface area contributed by atoms with Crippen LogP contribution in [0.1, 0.15) is 29.6 Å². The average molecular weight is 248 g/mol. The van der Waals surface area contributed by atoms with Gasteiger partial charge in [0.15, 0.2) is 0 Å². The second-order valence-electron chi connectivity index (χ2n) is 4.63. The van der Waals surface area contributed by atoms with Gasteiger partial charge >= 0.3 is 5.97 Å². The Balaban J connectivity index is 1.94. The average Bonchev–Trinajstić information content (AvgIpc) is 2.78. The second-order valence-corrected chi connectivity index (χ2v) is 4.63. The van der Waals surface area contributed by atoms with E-state index in [-0.39, 0.29) is 12.0 Å². The first-order valence-corrected chi connectivity index (χ1v) is 5.95. The molecule has 0 bridgehead atoms. The smallest absolute Gasteiger partial charge is 0.306 e. The maximum atomic E-state index is 10.9. The van der Waals surface area contributed by atoms with Gasteiger partial charge in [0.1, 0.15) is 0 Å². The lowest BCUT2D eigenvalue weighted by atomic mass is 10.1. The van der Waals surface area contributed by atoms with Gasteiger partial charge in [-0.05, 0) is 43.5 Å². The number of carbonyl (C=O) groups is 2. The summed E-state index contributed by atoms with van der Waals surface area (Å²) < 4.78 is 0. The molecule has 1 aromatic carbocycles. The van der Waals surface area contributed by atoms with Crippen molar-refractivity contribution >= 4 is 17.6 Å². The van der Waals surface area contributed by atoms with E-state index in [1.165, 1.54) is 0 Å². The van der Waals surface area contributed by atoms with E-state index < -0.39 is 11.9 Å². The number of aliphatic carboxylic acids is 1. The van der Waals surface area contributed by atoms with E-state index in [0.29, 0.717) is 18.4 Å². The minimum absolute atomic E-state index is 0.186. The van der Waals surface area contributed by atoms with E-state index in [1.807, 2.05) is 0 Å². The van der Waals surface area contributed by atoms with Gasteiger partial charge in [0.25, 0.3) is 0 Å². The summed E-state index contributed by atoms with van der Waals surface area (Å²) in [6, 6.07) is 7.08. The number of carboxylic acids is 1. The molecule has 1 aliphatic carbocycles. The van der Waals surface area contributed by atoms with Crippen LogP contribution in [0.4, 0.5) is 5.69 Å². The molecule has 1 saturated carbocycles. The van der Waals surface area contributed by atoms with Crippen molar-refractivity contribution in [3.63, 3.8) is 0 Å². The van der Waals surface area contributed by atoms with Crippen molar-refractivity contribution in [3.05, 3.63) is 29.8 Å². The number of carboxylic acid groups (broad SMARTS) is 1. The predicted molar refractivity (Wildman–Crippen MR) is 67.3 cm³/mol. The summed E-state index contributed by atoms with van der Waals surface area (Å²) in [5, 5.41) is 12.2. The van der Waals surface area contributed by atoms with E-state index in [9.17, 15) is 9.59 Å². The third kappa shape index (κ3) is 2.80. The summed E-state index contributed by atoms with van der Waals surface area (Å²) in [5.41, 5.74) is 6.51. The molecule has 18 heavy (non-hydrogen) atoms. The number of nitrogens with one attached hydrogen (secondary N) is 1. The van der Waals surface area contributed by atoms with E-state index in [4.69, 9.17) is 10.8 Å². The number of hydrogen-bond acceptors (Lipinski definition) is 3. The SMILES string of the molecule is NC(=O)c1ccc(NC2CCC(C(=O)O)C2)cc1. The fourth-order valence-electron chi connectivity index (χ4n) is 2.30. The van der Waals surface area contributed by atoms with Crippen LogP contribution < -0.4 is 11.1 Å². The van der Waals surface area contributed by atoms with E-state index in [0.717, 1.165) is 12.1 Å². The molecule has 96 valence electrons. The fourth-order valence-corrected chi connectivity index (χ4v) is 2.30. The lowest BCUT2D eigenvalue weighted by molar-refractivity contribution is -0.141. The maximum absolute atomic E-state index is 10.9. The zero-order chi connectivity index (χ0) is 13.1. The monoisotopic (exact) mass is 248 g/mol. The van der Waals surface area contributed by atoms with Gasteiger partial charge in [-0.3, -0.25) is 9.59 Å². The summed E-state index contributed by atoms with van der Waals surface area (Å²) in [6.07, 6.45) is 2.22. The highest BCUT2D eigenvalue weighted by Gasteiger charge is 2.29. The van der Waals surface area contributed by atoms with Crippen molar-refractivity contribution in [1.82, 2.24) is 0 Å². The number of primary amides is 1. The highest BCUT2D eigenvalue weighted by atomic mass is 16.4. The van der Waals surface area contributed by atoms with Gasteiger partial charge in [-0.2, -0.15) is 0 Å². The molecule has 0 radical (unpaired) electrons. The van der Waals surface area contributed by atoms with Crippen molar-refractivity contribution in [2.75, 3.05) is 5.32 Å². The normalized spacial score (nSPS) is 22.7. The summed E-state index contributed by atoms with van der Waals surface area (Å²) in [7, 11) is 0. The van der Waals surface area contributed by atoms with Crippen LogP contribution in [0.3, 0.4) is 0 Å². The first-order valence-electron chi connectivity index (χ1n) is 5.95. The van der Waals surface area contributed by atoms with Crippen LogP contribution >= 0.6 is 0 Å². The lowest BCUT2D eigenvalue weighted by Crippen LogP contribution is -2.18. The van der Waals surface area contributed by atoms with Crippen LogP contribution in [0.15, 0.2) is 24.3 Å². The number of carbonyl (C=O) groups excluding carboxylic acids is 1. The maximum Gasteiger partial charge on any atom is 0.306 e. The number of nitrogens with two attached hydrogens (primary N) is 1. The second kappa shape index (κ2) is 5.08. The van der Waals surface area contributed by atoms with Gasteiger partial charge in [-0.1, -0.05) is 0 Å². The molecule has 0 saturated heterocycles. The Bertz CT molecular complexity index is 456. The van der Waals surface area contributed by atoms with Gasteiger partial charge in [-0.25, -0.2) is 0 Å². The predicted octanol–water partition coefficient (Wildman–Crippen LogP) is 1.45. The van der Waals surface area contributed by atoms with Crippen LogP contribution in [-0.2, 0) is 4.79 Å². The Morgan fingerprint density at radius 1 is 1.22 bits per heavy atom. The molecule has 5 heteroatoms. The molecule has 5 nitrogen and oxygen atoms in total. The van der Waals surface area contributed by atoms with Crippen molar-refractivity contribution < 1.29 is 14.7 Å². The first kappa shape index (κ1) is 12.4. The Labute approximate surface area is 105 Å². The third-order valence-corrected chi connectivity index (χ3v) is 3.32. The van der Waals surface area contributed by atoms with Crippen LogP contribution in [0.5, 0.6) is 0 Å². The van der Waals surface area contributed by atoms with Gasteiger partial charge in [-0.15, -0.1) is 0 Å². The fraction of sp³-hybridized carbons (Fsp3) is 0.385. The number of anilines is 1. The molecule has 1 aliphatic rings. The van der Waals surface area contributed by atoms with Crippen molar-refractivity contribution in [2.45, 2.75) is 25.3 Å². The van der Waals surface area contributed by atoms with Crippen LogP contribution in [-0.4, -0.2) is 23.0 Å².